The number of hydrogen-bond donors (Lipinski definition) is 1. The Balaban J connectivity index is 1.80. The van der Waals surface area contributed by atoms with Crippen molar-refractivity contribution in [3.05, 3.63) is 65.9 Å². The lowest BCUT2D eigenvalue weighted by Crippen LogP contribution is -2.54. The highest BCUT2D eigenvalue weighted by Gasteiger charge is 2.31. The van der Waals surface area contributed by atoms with Crippen molar-refractivity contribution < 1.29 is 4.79 Å². The van der Waals surface area contributed by atoms with Crippen LogP contribution in [0.2, 0.25) is 0 Å². The van der Waals surface area contributed by atoms with Gasteiger partial charge < -0.3 is 14.8 Å². The van der Waals surface area contributed by atoms with Crippen LogP contribution in [0.25, 0.3) is 17.0 Å². The predicted molar refractivity (Wildman–Crippen MR) is 124 cm³/mol. The van der Waals surface area contributed by atoms with Crippen molar-refractivity contribution in [2.45, 2.75) is 46.1 Å². The Hall–Kier alpha value is -2.59. The number of aromatic nitrogens is 1. The van der Waals surface area contributed by atoms with Gasteiger partial charge in [0, 0.05) is 37.1 Å². The second kappa shape index (κ2) is 9.05. The summed E-state index contributed by atoms with van der Waals surface area (Å²) in [5.41, 5.74) is 5.33. The quantitative estimate of drug-likeness (QED) is 0.753. The van der Waals surface area contributed by atoms with Gasteiger partial charge in [0.2, 0.25) is 0 Å². The Bertz CT molecular complexity index is 952. The Morgan fingerprint density at radius 2 is 2.03 bits per heavy atom. The van der Waals surface area contributed by atoms with Gasteiger partial charge in [-0.3, -0.25) is 4.79 Å². The molecule has 0 bridgehead atoms. The van der Waals surface area contributed by atoms with Gasteiger partial charge in [-0.05, 0) is 49.8 Å². The molecule has 1 atom stereocenters. The molecule has 1 fully saturated rings. The Morgan fingerprint density at radius 1 is 1.23 bits per heavy atom. The smallest absolute Gasteiger partial charge is 0.256 e. The summed E-state index contributed by atoms with van der Waals surface area (Å²) in [5.74, 6) is 0.721. The number of piperazine rings is 1. The molecular weight excluding hydrogens is 370 g/mol. The molecular formula is C26H33N3O. The first kappa shape index (κ1) is 20.7. The molecule has 1 saturated heterocycles. The van der Waals surface area contributed by atoms with E-state index in [4.69, 9.17) is 0 Å². The van der Waals surface area contributed by atoms with Crippen LogP contribution in [-0.4, -0.2) is 41.1 Å². The van der Waals surface area contributed by atoms with Crippen LogP contribution in [0.3, 0.4) is 0 Å². The molecule has 0 radical (unpaired) electrons. The van der Waals surface area contributed by atoms with E-state index in [-0.39, 0.29) is 11.9 Å². The van der Waals surface area contributed by atoms with E-state index in [0.29, 0.717) is 5.92 Å². The molecule has 0 unspecified atom stereocenters. The number of nitrogens with zero attached hydrogens (tertiary/aromatic N) is 2. The molecule has 2 heterocycles. The minimum absolute atomic E-state index is 0.162. The van der Waals surface area contributed by atoms with E-state index >= 15 is 0 Å². The van der Waals surface area contributed by atoms with E-state index in [1.54, 1.807) is 0 Å². The highest BCUT2D eigenvalue weighted by molar-refractivity contribution is 6.01. The van der Waals surface area contributed by atoms with Crippen LogP contribution >= 0.6 is 0 Å². The van der Waals surface area contributed by atoms with Gasteiger partial charge in [0.1, 0.15) is 0 Å². The molecule has 1 amide bonds. The minimum Gasteiger partial charge on any atom is -0.333 e. The number of benzene rings is 1. The van der Waals surface area contributed by atoms with Crippen molar-refractivity contribution in [1.29, 1.82) is 0 Å². The van der Waals surface area contributed by atoms with E-state index in [1.165, 1.54) is 5.70 Å². The molecule has 0 spiro atoms. The average molecular weight is 404 g/mol. The topological polar surface area (TPSA) is 37.3 Å². The van der Waals surface area contributed by atoms with Crippen molar-refractivity contribution in [2.24, 2.45) is 5.92 Å². The summed E-state index contributed by atoms with van der Waals surface area (Å²) in [5, 5.41) is 3.48. The number of rotatable bonds is 5. The maximum atomic E-state index is 13.9. The zero-order chi connectivity index (χ0) is 21.1. The zero-order valence-corrected chi connectivity index (χ0v) is 18.4. The van der Waals surface area contributed by atoms with Gasteiger partial charge >= 0.3 is 0 Å². The van der Waals surface area contributed by atoms with E-state index in [9.17, 15) is 4.79 Å². The zero-order valence-electron chi connectivity index (χ0n) is 18.4. The lowest BCUT2D eigenvalue weighted by Gasteiger charge is -2.37. The molecule has 0 saturated carbocycles. The highest BCUT2D eigenvalue weighted by Crippen LogP contribution is 2.34. The van der Waals surface area contributed by atoms with Crippen LogP contribution < -0.4 is 5.32 Å². The van der Waals surface area contributed by atoms with Gasteiger partial charge in [0.15, 0.2) is 0 Å². The van der Waals surface area contributed by atoms with Gasteiger partial charge in [-0.2, -0.15) is 0 Å². The molecule has 1 N–H and O–H groups in total. The molecule has 4 rings (SSSR count). The molecule has 30 heavy (non-hydrogen) atoms. The third kappa shape index (κ3) is 4.15. The van der Waals surface area contributed by atoms with Crippen LogP contribution in [0.1, 0.15) is 49.2 Å². The Kier molecular flexibility index (Phi) is 6.24. The highest BCUT2D eigenvalue weighted by atomic mass is 16.2. The fraction of sp³-hybridized carbons (Fsp3) is 0.423. The third-order valence-electron chi connectivity index (χ3n) is 6.10. The summed E-state index contributed by atoms with van der Waals surface area (Å²) in [6.45, 7) is 9.08. The average Bonchev–Trinajstić information content (AvgIpc) is 3.11. The standard InChI is InChI=1S/C26H33N3O/c1-19(2)16-23-18-27-14-15-28(23)26(30)24-17-20(3)29(22-12-8-5-9-13-22)25(24)21-10-6-4-7-11-21/h4-8,10-12,17,19,23,27H,9,13-16,18H2,1-3H3/t23-/m1/s1. The van der Waals surface area contributed by atoms with E-state index in [1.807, 2.05) is 6.07 Å². The number of hydrogen-bond acceptors (Lipinski definition) is 2. The van der Waals surface area contributed by atoms with Crippen molar-refractivity contribution in [3.63, 3.8) is 0 Å². The monoisotopic (exact) mass is 403 g/mol. The molecule has 158 valence electrons. The molecule has 1 aromatic heterocycles. The molecule has 2 aromatic rings. The van der Waals surface area contributed by atoms with Gasteiger partial charge in [0.25, 0.3) is 5.91 Å². The number of nitrogens with one attached hydrogen (secondary N) is 1. The van der Waals surface area contributed by atoms with Crippen molar-refractivity contribution >= 4 is 11.6 Å². The fourth-order valence-corrected chi connectivity index (χ4v) is 4.77. The number of carbonyl (C=O) groups is 1. The third-order valence-corrected chi connectivity index (χ3v) is 6.10. The summed E-state index contributed by atoms with van der Waals surface area (Å²) >= 11 is 0. The molecule has 4 nitrogen and oxygen atoms in total. The SMILES string of the molecule is Cc1cc(C(=O)N2CCNC[C@H]2CC(C)C)c(-c2ccccc2)n1C1=CC=CCC1. The summed E-state index contributed by atoms with van der Waals surface area (Å²) in [6.07, 6.45) is 9.56. The summed E-state index contributed by atoms with van der Waals surface area (Å²) < 4.78 is 2.30. The molecule has 4 heteroatoms. The second-order valence-electron chi connectivity index (χ2n) is 8.86. The van der Waals surface area contributed by atoms with Crippen molar-refractivity contribution in [1.82, 2.24) is 14.8 Å². The largest absolute Gasteiger partial charge is 0.333 e. The number of carbonyl (C=O) groups excluding carboxylic acids is 1. The number of allylic oxidation sites excluding steroid dienone is 4. The molecule has 1 aliphatic carbocycles. The minimum atomic E-state index is 0.162. The van der Waals surface area contributed by atoms with Crippen LogP contribution in [-0.2, 0) is 0 Å². The fourth-order valence-electron chi connectivity index (χ4n) is 4.77. The first-order valence-electron chi connectivity index (χ1n) is 11.2. The van der Waals surface area contributed by atoms with Crippen molar-refractivity contribution in [2.75, 3.05) is 19.6 Å². The first-order chi connectivity index (χ1) is 14.6. The molecule has 1 aromatic carbocycles. The van der Waals surface area contributed by atoms with Gasteiger partial charge in [-0.25, -0.2) is 0 Å². The first-order valence-corrected chi connectivity index (χ1v) is 11.2. The lowest BCUT2D eigenvalue weighted by atomic mass is 9.99. The normalized spacial score (nSPS) is 19.3. The number of aryl methyl sites for hydroxylation is 1. The maximum Gasteiger partial charge on any atom is 0.256 e. The van der Waals surface area contributed by atoms with Crippen LogP contribution in [0.5, 0.6) is 0 Å². The lowest BCUT2D eigenvalue weighted by molar-refractivity contribution is 0.0611. The molecule has 1 aliphatic heterocycles. The van der Waals surface area contributed by atoms with E-state index < -0.39 is 0 Å². The Morgan fingerprint density at radius 3 is 2.73 bits per heavy atom. The van der Waals surface area contributed by atoms with Crippen LogP contribution in [0, 0.1) is 12.8 Å². The van der Waals surface area contributed by atoms with Crippen LogP contribution in [0.4, 0.5) is 0 Å². The summed E-state index contributed by atoms with van der Waals surface area (Å²) in [7, 11) is 0. The van der Waals surface area contributed by atoms with E-state index in [2.05, 4.69) is 84.1 Å². The van der Waals surface area contributed by atoms with Gasteiger partial charge in [-0.15, -0.1) is 0 Å². The van der Waals surface area contributed by atoms with E-state index in [0.717, 1.165) is 61.4 Å². The van der Waals surface area contributed by atoms with Gasteiger partial charge in [-0.1, -0.05) is 56.3 Å². The number of amides is 1. The summed E-state index contributed by atoms with van der Waals surface area (Å²) in [4.78, 5) is 16.0. The Labute approximate surface area is 180 Å². The predicted octanol–water partition coefficient (Wildman–Crippen LogP) is 5.11. The van der Waals surface area contributed by atoms with Crippen molar-refractivity contribution in [3.8, 4) is 11.3 Å². The molecule has 2 aliphatic rings. The second-order valence-corrected chi connectivity index (χ2v) is 8.86. The van der Waals surface area contributed by atoms with Crippen LogP contribution in [0.15, 0.2) is 54.6 Å². The maximum absolute atomic E-state index is 13.9. The van der Waals surface area contributed by atoms with Gasteiger partial charge in [0.05, 0.1) is 11.3 Å². The summed E-state index contributed by atoms with van der Waals surface area (Å²) in [6, 6.07) is 12.7.